The molecular weight excluding hydrogens is 294 g/mol. The van der Waals surface area contributed by atoms with E-state index in [2.05, 4.69) is 6.92 Å². The summed E-state index contributed by atoms with van der Waals surface area (Å²) in [6.07, 6.45) is 11.2. The van der Waals surface area contributed by atoms with Gasteiger partial charge in [0.1, 0.15) is 0 Å². The summed E-state index contributed by atoms with van der Waals surface area (Å²) in [6, 6.07) is -0.534. The fourth-order valence-electron chi connectivity index (χ4n) is 4.81. The second-order valence-corrected chi connectivity index (χ2v) is 7.69. The quantitative estimate of drug-likeness (QED) is 0.419. The Morgan fingerprint density at radius 3 is 2.22 bits per heavy atom. The third-order valence-corrected chi connectivity index (χ3v) is 6.42. The number of carboxylic acids is 1. The van der Waals surface area contributed by atoms with Crippen LogP contribution in [0.1, 0.15) is 84.0 Å². The van der Waals surface area contributed by atoms with Gasteiger partial charge < -0.3 is 5.11 Å². The van der Waals surface area contributed by atoms with Gasteiger partial charge in [-0.3, -0.25) is 14.9 Å². The molecule has 0 bridgehead atoms. The molecule has 5 heteroatoms. The van der Waals surface area contributed by atoms with Crippen LogP contribution in [0.15, 0.2) is 0 Å². The van der Waals surface area contributed by atoms with E-state index in [1.807, 2.05) is 0 Å². The highest BCUT2D eigenvalue weighted by atomic mass is 16.6. The standard InChI is InChI=1S/C18H31NO4/c1-2-3-4-5-14-6-8-15(9-7-14)18(17(20)21)12-10-16(11-13-18)19(22)23/h14-16H,2-13H2,1H3,(H,20,21). The number of hydrogen-bond donors (Lipinski definition) is 1. The third-order valence-electron chi connectivity index (χ3n) is 6.42. The lowest BCUT2D eigenvalue weighted by atomic mass is 9.60. The van der Waals surface area contributed by atoms with Gasteiger partial charge in [0.15, 0.2) is 0 Å². The lowest BCUT2D eigenvalue weighted by Gasteiger charge is -2.43. The van der Waals surface area contributed by atoms with Crippen molar-refractivity contribution >= 4 is 5.97 Å². The van der Waals surface area contributed by atoms with Crippen LogP contribution in [0, 0.1) is 27.4 Å². The van der Waals surface area contributed by atoms with E-state index in [0.29, 0.717) is 25.7 Å². The van der Waals surface area contributed by atoms with Crippen LogP contribution in [0.5, 0.6) is 0 Å². The van der Waals surface area contributed by atoms with E-state index in [4.69, 9.17) is 0 Å². The summed E-state index contributed by atoms with van der Waals surface area (Å²) in [6.45, 7) is 2.22. The van der Waals surface area contributed by atoms with Gasteiger partial charge >= 0.3 is 5.97 Å². The second kappa shape index (κ2) is 8.11. The molecule has 0 spiro atoms. The maximum atomic E-state index is 12.0. The monoisotopic (exact) mass is 325 g/mol. The van der Waals surface area contributed by atoms with Gasteiger partial charge in [0.2, 0.25) is 6.04 Å². The van der Waals surface area contributed by atoms with Gasteiger partial charge in [-0.25, -0.2) is 0 Å². The van der Waals surface area contributed by atoms with E-state index in [1.165, 1.54) is 25.7 Å². The van der Waals surface area contributed by atoms with Gasteiger partial charge in [-0.1, -0.05) is 45.4 Å². The molecular formula is C18H31NO4. The summed E-state index contributed by atoms with van der Waals surface area (Å²) in [5.41, 5.74) is -0.694. The van der Waals surface area contributed by atoms with Crippen molar-refractivity contribution in [2.24, 2.45) is 17.3 Å². The van der Waals surface area contributed by atoms with Gasteiger partial charge in [-0.05, 0) is 37.5 Å². The van der Waals surface area contributed by atoms with Gasteiger partial charge in [-0.15, -0.1) is 0 Å². The molecule has 0 unspecified atom stereocenters. The minimum Gasteiger partial charge on any atom is -0.481 e. The Labute approximate surface area is 139 Å². The first-order valence-electron chi connectivity index (χ1n) is 9.36. The first-order valence-corrected chi connectivity index (χ1v) is 9.36. The van der Waals surface area contributed by atoms with Crippen LogP contribution in [0.4, 0.5) is 0 Å². The van der Waals surface area contributed by atoms with Crippen molar-refractivity contribution in [1.29, 1.82) is 0 Å². The number of hydrogen-bond acceptors (Lipinski definition) is 3. The fraction of sp³-hybridized carbons (Fsp3) is 0.944. The molecule has 2 saturated carbocycles. The summed E-state index contributed by atoms with van der Waals surface area (Å²) in [4.78, 5) is 22.7. The largest absolute Gasteiger partial charge is 0.481 e. The van der Waals surface area contributed by atoms with Crippen LogP contribution in [-0.4, -0.2) is 22.0 Å². The molecule has 2 fully saturated rings. The van der Waals surface area contributed by atoms with Crippen LogP contribution < -0.4 is 0 Å². The summed E-state index contributed by atoms with van der Waals surface area (Å²) in [7, 11) is 0. The van der Waals surface area contributed by atoms with Crippen molar-refractivity contribution in [3.8, 4) is 0 Å². The van der Waals surface area contributed by atoms with Crippen molar-refractivity contribution < 1.29 is 14.8 Å². The van der Waals surface area contributed by atoms with E-state index >= 15 is 0 Å². The first kappa shape index (κ1) is 18.2. The maximum absolute atomic E-state index is 12.0. The maximum Gasteiger partial charge on any atom is 0.309 e. The van der Waals surface area contributed by atoms with Crippen LogP contribution >= 0.6 is 0 Å². The lowest BCUT2D eigenvalue weighted by Crippen LogP contribution is -2.45. The van der Waals surface area contributed by atoms with E-state index in [-0.39, 0.29) is 10.8 Å². The lowest BCUT2D eigenvalue weighted by molar-refractivity contribution is -0.527. The molecule has 0 aromatic heterocycles. The van der Waals surface area contributed by atoms with Crippen molar-refractivity contribution in [1.82, 2.24) is 0 Å². The third kappa shape index (κ3) is 4.24. The molecule has 1 N–H and O–H groups in total. The zero-order chi connectivity index (χ0) is 16.9. The van der Waals surface area contributed by atoms with Gasteiger partial charge in [0.05, 0.1) is 5.41 Å². The molecule has 0 saturated heterocycles. The average molecular weight is 325 g/mol. The number of carbonyl (C=O) groups is 1. The molecule has 2 aliphatic rings. The van der Waals surface area contributed by atoms with E-state index in [0.717, 1.165) is 31.6 Å². The number of unbranched alkanes of at least 4 members (excludes halogenated alkanes) is 2. The van der Waals surface area contributed by atoms with Gasteiger partial charge in [0, 0.05) is 17.8 Å². The minimum absolute atomic E-state index is 0.218. The van der Waals surface area contributed by atoms with Crippen molar-refractivity contribution in [2.75, 3.05) is 0 Å². The highest BCUT2D eigenvalue weighted by molar-refractivity contribution is 5.75. The Morgan fingerprint density at radius 2 is 1.74 bits per heavy atom. The predicted molar refractivity (Wildman–Crippen MR) is 88.9 cm³/mol. The van der Waals surface area contributed by atoms with Crippen molar-refractivity contribution in [2.45, 2.75) is 90.0 Å². The van der Waals surface area contributed by atoms with Crippen molar-refractivity contribution in [3.05, 3.63) is 10.1 Å². The number of aliphatic carboxylic acids is 1. The Bertz CT molecular complexity index is 407. The zero-order valence-electron chi connectivity index (χ0n) is 14.3. The molecule has 23 heavy (non-hydrogen) atoms. The highest BCUT2D eigenvalue weighted by Gasteiger charge is 2.50. The molecule has 0 aromatic rings. The zero-order valence-corrected chi connectivity index (χ0v) is 14.3. The van der Waals surface area contributed by atoms with Crippen LogP contribution in [0.3, 0.4) is 0 Å². The number of nitrogens with zero attached hydrogens (tertiary/aromatic N) is 1. The first-order chi connectivity index (χ1) is 11.0. The van der Waals surface area contributed by atoms with Crippen LogP contribution in [0.25, 0.3) is 0 Å². The van der Waals surface area contributed by atoms with Crippen LogP contribution in [-0.2, 0) is 4.79 Å². The summed E-state index contributed by atoms with van der Waals surface area (Å²) >= 11 is 0. The van der Waals surface area contributed by atoms with E-state index < -0.39 is 17.4 Å². The number of carboxylic acid groups (broad SMARTS) is 1. The molecule has 0 radical (unpaired) electrons. The normalized spacial score (nSPS) is 34.9. The molecule has 2 aliphatic carbocycles. The van der Waals surface area contributed by atoms with E-state index in [9.17, 15) is 20.0 Å². The summed E-state index contributed by atoms with van der Waals surface area (Å²) < 4.78 is 0. The number of rotatable bonds is 7. The topological polar surface area (TPSA) is 80.4 Å². The number of nitro groups is 1. The molecule has 0 heterocycles. The Morgan fingerprint density at radius 1 is 1.13 bits per heavy atom. The Balaban J connectivity index is 1.91. The van der Waals surface area contributed by atoms with Gasteiger partial charge in [-0.2, -0.15) is 0 Å². The Kier molecular flexibility index (Phi) is 6.42. The summed E-state index contributed by atoms with van der Waals surface area (Å²) in [5.74, 6) is 0.266. The molecule has 0 aliphatic heterocycles. The Hall–Kier alpha value is -1.13. The SMILES string of the molecule is CCCCCC1CCC(C2(C(=O)O)CCC([N+](=O)[O-])CC2)CC1. The highest BCUT2D eigenvalue weighted by Crippen LogP contribution is 2.50. The smallest absolute Gasteiger partial charge is 0.309 e. The average Bonchev–Trinajstić information content (AvgIpc) is 2.55. The van der Waals surface area contributed by atoms with Gasteiger partial charge in [0.25, 0.3) is 0 Å². The second-order valence-electron chi connectivity index (χ2n) is 7.69. The van der Waals surface area contributed by atoms with Crippen molar-refractivity contribution in [3.63, 3.8) is 0 Å². The fourth-order valence-corrected chi connectivity index (χ4v) is 4.81. The van der Waals surface area contributed by atoms with Crippen LogP contribution in [0.2, 0.25) is 0 Å². The summed E-state index contributed by atoms with van der Waals surface area (Å²) in [5, 5.41) is 20.8. The molecule has 132 valence electrons. The molecule has 0 amide bonds. The molecule has 0 aromatic carbocycles. The molecule has 0 atom stereocenters. The predicted octanol–water partition coefficient (Wildman–Crippen LogP) is 4.66. The molecule has 5 nitrogen and oxygen atoms in total. The van der Waals surface area contributed by atoms with E-state index in [1.54, 1.807) is 0 Å². The molecule has 2 rings (SSSR count). The minimum atomic E-state index is -0.714.